The molecule has 2 aromatic rings. The van der Waals surface area contributed by atoms with E-state index in [-0.39, 0.29) is 12.2 Å². The fraction of sp³-hybridized carbons (Fsp3) is 0.188. The standard InChI is InChI=1S/C16H15ClF2N2O3S/c1-25(23,24)21(12-6-7-14(18)15(19)8-12)10-16(22)20-9-11-4-2-3-5-13(11)17/h2-8H,9-10H2,1H3,(H,20,22). The van der Waals surface area contributed by atoms with Crippen LogP contribution in [0.2, 0.25) is 5.02 Å². The van der Waals surface area contributed by atoms with Gasteiger partial charge in [0.25, 0.3) is 0 Å². The molecule has 0 aliphatic heterocycles. The SMILES string of the molecule is CS(=O)(=O)N(CC(=O)NCc1ccccc1Cl)c1ccc(F)c(F)c1. The van der Waals surface area contributed by atoms with Gasteiger partial charge in [-0.1, -0.05) is 29.8 Å². The molecule has 0 aliphatic rings. The average molecular weight is 389 g/mol. The zero-order valence-corrected chi connectivity index (χ0v) is 14.7. The van der Waals surface area contributed by atoms with Crippen LogP contribution in [0.25, 0.3) is 0 Å². The van der Waals surface area contributed by atoms with Gasteiger partial charge in [0.15, 0.2) is 11.6 Å². The molecule has 0 radical (unpaired) electrons. The van der Waals surface area contributed by atoms with Crippen molar-refractivity contribution in [3.8, 4) is 0 Å². The normalized spacial score (nSPS) is 11.2. The van der Waals surface area contributed by atoms with Crippen molar-refractivity contribution >= 4 is 33.2 Å². The lowest BCUT2D eigenvalue weighted by molar-refractivity contribution is -0.119. The van der Waals surface area contributed by atoms with Gasteiger partial charge in [-0.25, -0.2) is 17.2 Å². The van der Waals surface area contributed by atoms with Gasteiger partial charge in [-0.2, -0.15) is 0 Å². The van der Waals surface area contributed by atoms with Crippen LogP contribution in [0.15, 0.2) is 42.5 Å². The summed E-state index contributed by atoms with van der Waals surface area (Å²) in [6.07, 6.45) is 0.871. The minimum atomic E-state index is -3.88. The number of carbonyl (C=O) groups is 1. The number of amides is 1. The summed E-state index contributed by atoms with van der Waals surface area (Å²) in [4.78, 5) is 12.1. The van der Waals surface area contributed by atoms with E-state index >= 15 is 0 Å². The molecular formula is C16H15ClF2N2O3S. The summed E-state index contributed by atoms with van der Waals surface area (Å²) in [5, 5.41) is 3.00. The summed E-state index contributed by atoms with van der Waals surface area (Å²) in [7, 11) is -3.88. The summed E-state index contributed by atoms with van der Waals surface area (Å²) >= 11 is 5.98. The number of nitrogens with one attached hydrogen (secondary N) is 1. The summed E-state index contributed by atoms with van der Waals surface area (Å²) in [6.45, 7) is -0.470. The number of carbonyl (C=O) groups excluding carboxylic acids is 1. The molecule has 0 aromatic heterocycles. The van der Waals surface area contributed by atoms with Gasteiger partial charge in [-0.3, -0.25) is 9.10 Å². The number of halogens is 3. The van der Waals surface area contributed by atoms with E-state index in [1.54, 1.807) is 24.3 Å². The molecule has 25 heavy (non-hydrogen) atoms. The summed E-state index contributed by atoms with van der Waals surface area (Å²) in [5.74, 6) is -2.93. The molecule has 134 valence electrons. The van der Waals surface area contributed by atoms with Gasteiger partial charge < -0.3 is 5.32 Å². The topological polar surface area (TPSA) is 66.5 Å². The van der Waals surface area contributed by atoms with Gasteiger partial charge in [0.05, 0.1) is 11.9 Å². The predicted octanol–water partition coefficient (Wildman–Crippen LogP) is 2.70. The first-order valence-electron chi connectivity index (χ1n) is 7.11. The van der Waals surface area contributed by atoms with Crippen LogP contribution in [0.3, 0.4) is 0 Å². The monoisotopic (exact) mass is 388 g/mol. The third-order valence-corrected chi connectivity index (χ3v) is 4.82. The third kappa shape index (κ3) is 5.14. The maximum absolute atomic E-state index is 13.4. The Bertz CT molecular complexity index is 891. The molecule has 0 aliphatic carbocycles. The lowest BCUT2D eigenvalue weighted by Gasteiger charge is -2.22. The van der Waals surface area contributed by atoms with Gasteiger partial charge in [0.1, 0.15) is 6.54 Å². The molecule has 0 unspecified atom stereocenters. The second-order valence-corrected chi connectivity index (χ2v) is 7.55. The first-order chi connectivity index (χ1) is 11.7. The number of rotatable bonds is 6. The Balaban J connectivity index is 2.13. The number of sulfonamides is 1. The molecule has 1 amide bonds. The highest BCUT2D eigenvalue weighted by Crippen LogP contribution is 2.20. The number of hydrogen-bond acceptors (Lipinski definition) is 3. The van der Waals surface area contributed by atoms with Crippen LogP contribution in [0.5, 0.6) is 0 Å². The Morgan fingerprint density at radius 3 is 2.44 bits per heavy atom. The largest absolute Gasteiger partial charge is 0.350 e. The van der Waals surface area contributed by atoms with Gasteiger partial charge in [-0.15, -0.1) is 0 Å². The highest BCUT2D eigenvalue weighted by Gasteiger charge is 2.22. The van der Waals surface area contributed by atoms with Crippen molar-refractivity contribution in [3.63, 3.8) is 0 Å². The highest BCUT2D eigenvalue weighted by molar-refractivity contribution is 7.92. The predicted molar refractivity (Wildman–Crippen MR) is 91.8 cm³/mol. The van der Waals surface area contributed by atoms with E-state index < -0.39 is 34.1 Å². The molecule has 0 atom stereocenters. The fourth-order valence-electron chi connectivity index (χ4n) is 2.06. The van der Waals surface area contributed by atoms with Crippen LogP contribution in [0.4, 0.5) is 14.5 Å². The van der Waals surface area contributed by atoms with E-state index in [2.05, 4.69) is 5.32 Å². The Hall–Kier alpha value is -2.19. The minimum Gasteiger partial charge on any atom is -0.350 e. The number of benzene rings is 2. The molecule has 1 N–H and O–H groups in total. The highest BCUT2D eigenvalue weighted by atomic mass is 35.5. The maximum Gasteiger partial charge on any atom is 0.241 e. The minimum absolute atomic E-state index is 0.105. The molecule has 0 saturated carbocycles. The van der Waals surface area contributed by atoms with Crippen molar-refractivity contribution in [2.45, 2.75) is 6.54 Å². The average Bonchev–Trinajstić information content (AvgIpc) is 2.53. The molecule has 0 fully saturated rings. The summed E-state index contributed by atoms with van der Waals surface area (Å²) in [5.41, 5.74) is 0.519. The van der Waals surface area contributed by atoms with Crippen molar-refractivity contribution in [2.75, 3.05) is 17.1 Å². The first kappa shape index (κ1) is 19.1. The van der Waals surface area contributed by atoms with Crippen LogP contribution in [-0.2, 0) is 21.4 Å². The molecular weight excluding hydrogens is 374 g/mol. The Kier molecular flexibility index (Phi) is 5.97. The van der Waals surface area contributed by atoms with Gasteiger partial charge >= 0.3 is 0 Å². The Morgan fingerprint density at radius 1 is 1.16 bits per heavy atom. The zero-order chi connectivity index (χ0) is 18.6. The third-order valence-electron chi connectivity index (χ3n) is 3.31. The molecule has 0 saturated heterocycles. The van der Waals surface area contributed by atoms with E-state index in [0.717, 1.165) is 24.5 Å². The van der Waals surface area contributed by atoms with E-state index in [0.29, 0.717) is 14.9 Å². The number of nitrogens with zero attached hydrogens (tertiary/aromatic N) is 1. The van der Waals surface area contributed by atoms with Crippen molar-refractivity contribution in [2.24, 2.45) is 0 Å². The number of anilines is 1. The van der Waals surface area contributed by atoms with Crippen molar-refractivity contribution in [1.82, 2.24) is 5.32 Å². The molecule has 5 nitrogen and oxygen atoms in total. The van der Waals surface area contributed by atoms with Gasteiger partial charge in [-0.05, 0) is 23.8 Å². The lowest BCUT2D eigenvalue weighted by atomic mass is 10.2. The molecule has 0 spiro atoms. The van der Waals surface area contributed by atoms with Crippen molar-refractivity contribution in [1.29, 1.82) is 0 Å². The smallest absolute Gasteiger partial charge is 0.241 e. The van der Waals surface area contributed by atoms with Crippen LogP contribution < -0.4 is 9.62 Å². The summed E-state index contributed by atoms with van der Waals surface area (Å²) in [6, 6.07) is 9.46. The van der Waals surface area contributed by atoms with E-state index in [4.69, 9.17) is 11.6 Å². The van der Waals surface area contributed by atoms with Crippen LogP contribution in [0.1, 0.15) is 5.56 Å². The van der Waals surface area contributed by atoms with Crippen LogP contribution >= 0.6 is 11.6 Å². The van der Waals surface area contributed by atoms with Crippen LogP contribution in [0, 0.1) is 11.6 Å². The van der Waals surface area contributed by atoms with Gasteiger partial charge in [0, 0.05) is 17.6 Å². The molecule has 0 bridgehead atoms. The molecule has 2 rings (SSSR count). The maximum atomic E-state index is 13.4. The van der Waals surface area contributed by atoms with Crippen molar-refractivity contribution in [3.05, 3.63) is 64.7 Å². The second kappa shape index (κ2) is 7.79. The quantitative estimate of drug-likeness (QED) is 0.827. The molecule has 9 heteroatoms. The number of hydrogen-bond donors (Lipinski definition) is 1. The van der Waals surface area contributed by atoms with Gasteiger partial charge in [0.2, 0.25) is 15.9 Å². The summed E-state index contributed by atoms with van der Waals surface area (Å²) < 4.78 is 50.9. The van der Waals surface area contributed by atoms with Crippen molar-refractivity contribution < 1.29 is 22.0 Å². The Labute approximate surface area is 149 Å². The Morgan fingerprint density at radius 2 is 1.84 bits per heavy atom. The molecule has 2 aromatic carbocycles. The molecule has 0 heterocycles. The van der Waals surface area contributed by atoms with E-state index in [1.807, 2.05) is 0 Å². The fourth-order valence-corrected chi connectivity index (χ4v) is 3.11. The first-order valence-corrected chi connectivity index (χ1v) is 9.34. The second-order valence-electron chi connectivity index (χ2n) is 5.24. The van der Waals surface area contributed by atoms with E-state index in [1.165, 1.54) is 0 Å². The zero-order valence-electron chi connectivity index (χ0n) is 13.2. The van der Waals surface area contributed by atoms with Crippen LogP contribution in [-0.4, -0.2) is 27.1 Å². The lowest BCUT2D eigenvalue weighted by Crippen LogP contribution is -2.40. The van der Waals surface area contributed by atoms with E-state index in [9.17, 15) is 22.0 Å².